The van der Waals surface area contributed by atoms with Gasteiger partial charge < -0.3 is 14.8 Å². The second-order valence-corrected chi connectivity index (χ2v) is 6.22. The molecule has 0 saturated heterocycles. The summed E-state index contributed by atoms with van der Waals surface area (Å²) in [5, 5.41) is 3.26. The largest absolute Gasteiger partial charge is 0.444 e. The maximum absolute atomic E-state index is 12.5. The molecule has 0 aliphatic rings. The van der Waals surface area contributed by atoms with Crippen LogP contribution in [0.3, 0.4) is 0 Å². The summed E-state index contributed by atoms with van der Waals surface area (Å²) < 4.78 is 10.7. The Morgan fingerprint density at radius 3 is 2.41 bits per heavy atom. The molecule has 0 rings (SSSR count). The molecule has 1 unspecified atom stereocenters. The van der Waals surface area contributed by atoms with Crippen LogP contribution >= 0.6 is 0 Å². The highest BCUT2D eigenvalue weighted by molar-refractivity contribution is 5.68. The minimum Gasteiger partial charge on any atom is -0.444 e. The topological polar surface area (TPSA) is 50.8 Å². The first kappa shape index (κ1) is 20.5. The van der Waals surface area contributed by atoms with Crippen LogP contribution in [0.25, 0.3) is 0 Å². The quantitative estimate of drug-likeness (QED) is 0.521. The average molecular weight is 312 g/mol. The van der Waals surface area contributed by atoms with Gasteiger partial charge in [-0.2, -0.15) is 0 Å². The Labute approximate surface area is 135 Å². The van der Waals surface area contributed by atoms with Crippen LogP contribution in [0.2, 0.25) is 0 Å². The van der Waals surface area contributed by atoms with Gasteiger partial charge in [-0.3, -0.25) is 4.90 Å². The fraction of sp³-hybridized carbons (Fsp3) is 0.706. The average Bonchev–Trinajstić information content (AvgIpc) is 2.43. The standard InChI is InChI=1S/C17H32N2O3/c1-9-11-12-19(16(20)22-17(5,6)7)15(10-2)18-13(3)14(4)21-8/h9,14-15,18H,1,3,10-12H2,2,4-8H3/t14-,15?/m0/s1. The Morgan fingerprint density at radius 1 is 1.41 bits per heavy atom. The summed E-state index contributed by atoms with van der Waals surface area (Å²) >= 11 is 0. The molecule has 0 aliphatic heterocycles. The van der Waals surface area contributed by atoms with Crippen LogP contribution in [0.1, 0.15) is 47.5 Å². The first-order valence-electron chi connectivity index (χ1n) is 7.74. The Bertz CT molecular complexity index is 375. The molecule has 0 aromatic rings. The zero-order valence-electron chi connectivity index (χ0n) is 14.9. The SMILES string of the molecule is C=CCCN(C(=O)OC(C)(C)C)C(CC)NC(=C)[C@H](C)OC. The van der Waals surface area contributed by atoms with Crippen molar-refractivity contribution in [3.8, 4) is 0 Å². The Balaban J connectivity index is 5.05. The van der Waals surface area contributed by atoms with Crippen molar-refractivity contribution in [2.24, 2.45) is 0 Å². The molecule has 0 saturated carbocycles. The van der Waals surface area contributed by atoms with E-state index in [-0.39, 0.29) is 18.4 Å². The predicted molar refractivity (Wildman–Crippen MR) is 90.6 cm³/mol. The van der Waals surface area contributed by atoms with E-state index in [0.29, 0.717) is 13.0 Å². The van der Waals surface area contributed by atoms with Crippen LogP contribution in [-0.2, 0) is 9.47 Å². The van der Waals surface area contributed by atoms with E-state index in [0.717, 1.165) is 12.1 Å². The summed E-state index contributed by atoms with van der Waals surface area (Å²) in [6.45, 7) is 17.7. The lowest BCUT2D eigenvalue weighted by molar-refractivity contribution is 0.0123. The Kier molecular flexibility index (Phi) is 8.87. The second kappa shape index (κ2) is 9.51. The van der Waals surface area contributed by atoms with Crippen molar-refractivity contribution < 1.29 is 14.3 Å². The molecule has 0 aromatic carbocycles. The van der Waals surface area contributed by atoms with Gasteiger partial charge in [0, 0.05) is 19.4 Å². The normalized spacial score (nSPS) is 13.9. The zero-order valence-corrected chi connectivity index (χ0v) is 14.9. The van der Waals surface area contributed by atoms with E-state index in [1.54, 1.807) is 18.1 Å². The number of nitrogens with one attached hydrogen (secondary N) is 1. The summed E-state index contributed by atoms with van der Waals surface area (Å²) in [7, 11) is 1.63. The lowest BCUT2D eigenvalue weighted by Gasteiger charge is -2.35. The fourth-order valence-electron chi connectivity index (χ4n) is 1.80. The highest BCUT2D eigenvalue weighted by Gasteiger charge is 2.27. The number of ether oxygens (including phenoxy) is 2. The molecule has 0 bridgehead atoms. The van der Waals surface area contributed by atoms with Gasteiger partial charge in [0.25, 0.3) is 0 Å². The van der Waals surface area contributed by atoms with Crippen molar-refractivity contribution in [3.63, 3.8) is 0 Å². The molecule has 0 fully saturated rings. The molecule has 1 N–H and O–H groups in total. The molecular weight excluding hydrogens is 280 g/mol. The third-order valence-electron chi connectivity index (χ3n) is 3.16. The first-order chi connectivity index (χ1) is 10.2. The molecule has 5 nitrogen and oxygen atoms in total. The number of carbonyl (C=O) groups is 1. The van der Waals surface area contributed by atoms with Gasteiger partial charge >= 0.3 is 6.09 Å². The molecule has 0 aliphatic carbocycles. The number of nitrogens with zero attached hydrogens (tertiary/aromatic N) is 1. The summed E-state index contributed by atoms with van der Waals surface area (Å²) in [5.74, 6) is 0. The van der Waals surface area contributed by atoms with Gasteiger partial charge in [0.1, 0.15) is 11.8 Å². The molecule has 1 amide bonds. The molecule has 0 aromatic heterocycles. The van der Waals surface area contributed by atoms with Crippen LogP contribution in [-0.4, -0.2) is 42.5 Å². The fourth-order valence-corrected chi connectivity index (χ4v) is 1.80. The molecule has 0 radical (unpaired) electrons. The smallest absolute Gasteiger partial charge is 0.411 e. The lowest BCUT2D eigenvalue weighted by Crippen LogP contribution is -2.51. The highest BCUT2D eigenvalue weighted by atomic mass is 16.6. The third-order valence-corrected chi connectivity index (χ3v) is 3.16. The lowest BCUT2D eigenvalue weighted by atomic mass is 10.2. The van der Waals surface area contributed by atoms with E-state index in [4.69, 9.17) is 9.47 Å². The van der Waals surface area contributed by atoms with E-state index in [9.17, 15) is 4.79 Å². The van der Waals surface area contributed by atoms with Crippen LogP contribution in [0.5, 0.6) is 0 Å². The molecule has 22 heavy (non-hydrogen) atoms. The molecule has 0 spiro atoms. The van der Waals surface area contributed by atoms with Gasteiger partial charge in [-0.15, -0.1) is 6.58 Å². The summed E-state index contributed by atoms with van der Waals surface area (Å²) in [4.78, 5) is 14.1. The van der Waals surface area contributed by atoms with Gasteiger partial charge in [-0.1, -0.05) is 19.6 Å². The van der Waals surface area contributed by atoms with Gasteiger partial charge in [-0.05, 0) is 40.5 Å². The Morgan fingerprint density at radius 2 is 2.00 bits per heavy atom. The second-order valence-electron chi connectivity index (χ2n) is 6.22. The van der Waals surface area contributed by atoms with Crippen LogP contribution < -0.4 is 5.32 Å². The van der Waals surface area contributed by atoms with E-state index in [1.807, 2.05) is 34.6 Å². The van der Waals surface area contributed by atoms with Gasteiger partial charge in [-0.25, -0.2) is 4.79 Å². The van der Waals surface area contributed by atoms with Crippen molar-refractivity contribution in [1.82, 2.24) is 10.2 Å². The molecule has 5 heteroatoms. The zero-order chi connectivity index (χ0) is 17.3. The van der Waals surface area contributed by atoms with Gasteiger partial charge in [0.2, 0.25) is 0 Å². The van der Waals surface area contributed by atoms with Gasteiger partial charge in [0.15, 0.2) is 0 Å². The Hall–Kier alpha value is -1.49. The van der Waals surface area contributed by atoms with E-state index < -0.39 is 5.60 Å². The van der Waals surface area contributed by atoms with E-state index in [1.165, 1.54) is 0 Å². The number of hydrogen-bond donors (Lipinski definition) is 1. The van der Waals surface area contributed by atoms with Crippen LogP contribution in [0.4, 0.5) is 4.79 Å². The van der Waals surface area contributed by atoms with Crippen molar-refractivity contribution in [3.05, 3.63) is 24.9 Å². The summed E-state index contributed by atoms with van der Waals surface area (Å²) in [5.41, 5.74) is 0.208. The van der Waals surface area contributed by atoms with Crippen LogP contribution in [0.15, 0.2) is 24.9 Å². The molecular formula is C17H32N2O3. The van der Waals surface area contributed by atoms with E-state index >= 15 is 0 Å². The highest BCUT2D eigenvalue weighted by Crippen LogP contribution is 2.14. The number of rotatable bonds is 9. The molecule has 0 heterocycles. The minimum atomic E-state index is -0.529. The number of amides is 1. The number of hydrogen-bond acceptors (Lipinski definition) is 4. The summed E-state index contributed by atoms with van der Waals surface area (Å²) in [6, 6.07) is 0. The van der Waals surface area contributed by atoms with Crippen molar-refractivity contribution in [1.29, 1.82) is 0 Å². The van der Waals surface area contributed by atoms with Gasteiger partial charge in [0.05, 0.1) is 6.10 Å². The van der Waals surface area contributed by atoms with Crippen molar-refractivity contribution >= 4 is 6.09 Å². The summed E-state index contributed by atoms with van der Waals surface area (Å²) in [6.07, 6.45) is 2.55. The minimum absolute atomic E-state index is 0.131. The number of methoxy groups -OCH3 is 1. The van der Waals surface area contributed by atoms with Crippen LogP contribution in [0, 0.1) is 0 Å². The number of carbonyl (C=O) groups excluding carboxylic acids is 1. The van der Waals surface area contributed by atoms with Crippen molar-refractivity contribution in [2.75, 3.05) is 13.7 Å². The first-order valence-corrected chi connectivity index (χ1v) is 7.74. The molecule has 128 valence electrons. The predicted octanol–water partition coefficient (Wildman–Crippen LogP) is 3.67. The maximum Gasteiger partial charge on any atom is 0.411 e. The maximum atomic E-state index is 12.5. The van der Waals surface area contributed by atoms with E-state index in [2.05, 4.69) is 18.5 Å². The monoisotopic (exact) mass is 312 g/mol. The molecule has 2 atom stereocenters. The third kappa shape index (κ3) is 7.50. The van der Waals surface area contributed by atoms with Crippen molar-refractivity contribution in [2.45, 2.75) is 65.3 Å².